The molecule has 33 heavy (non-hydrogen) atoms. The highest BCUT2D eigenvalue weighted by Gasteiger charge is 2.15. The van der Waals surface area contributed by atoms with Gasteiger partial charge >= 0.3 is 0 Å². The second-order valence-corrected chi connectivity index (χ2v) is 9.30. The Bertz CT molecular complexity index is 1310. The van der Waals surface area contributed by atoms with Crippen LogP contribution < -0.4 is 10.0 Å². The largest absolute Gasteiger partial charge is 0.352 e. The number of aryl methyl sites for hydroxylation is 1. The predicted octanol–water partition coefficient (Wildman–Crippen LogP) is 3.95. The molecule has 1 heterocycles. The SMILES string of the molecule is Cc1ccc(NS(=O)(=O)c2ccc(C(=O)NCCc3ccc(-n4cccn4)cc3)cc2)cc1. The van der Waals surface area contributed by atoms with Gasteiger partial charge in [-0.15, -0.1) is 0 Å². The zero-order chi connectivity index (χ0) is 23.3. The van der Waals surface area contributed by atoms with Crippen molar-refractivity contribution >= 4 is 21.6 Å². The Balaban J connectivity index is 1.31. The van der Waals surface area contributed by atoms with Crippen LogP contribution in [0.1, 0.15) is 21.5 Å². The van der Waals surface area contributed by atoms with Crippen LogP contribution >= 0.6 is 0 Å². The highest BCUT2D eigenvalue weighted by atomic mass is 32.2. The fourth-order valence-electron chi connectivity index (χ4n) is 3.28. The van der Waals surface area contributed by atoms with E-state index in [4.69, 9.17) is 0 Å². The average molecular weight is 461 g/mol. The van der Waals surface area contributed by atoms with Gasteiger partial charge in [0.25, 0.3) is 15.9 Å². The lowest BCUT2D eigenvalue weighted by molar-refractivity contribution is 0.0954. The van der Waals surface area contributed by atoms with E-state index in [9.17, 15) is 13.2 Å². The zero-order valence-electron chi connectivity index (χ0n) is 18.1. The third kappa shape index (κ3) is 5.67. The van der Waals surface area contributed by atoms with Crippen molar-refractivity contribution in [2.75, 3.05) is 11.3 Å². The molecule has 1 amide bonds. The van der Waals surface area contributed by atoms with Gasteiger partial charge in [0.15, 0.2) is 0 Å². The van der Waals surface area contributed by atoms with E-state index in [-0.39, 0.29) is 10.8 Å². The number of carbonyl (C=O) groups is 1. The number of anilines is 1. The molecule has 0 bridgehead atoms. The summed E-state index contributed by atoms with van der Waals surface area (Å²) < 4.78 is 29.5. The molecule has 1 aromatic heterocycles. The monoisotopic (exact) mass is 460 g/mol. The highest BCUT2D eigenvalue weighted by molar-refractivity contribution is 7.92. The molecule has 168 valence electrons. The molecule has 3 aromatic carbocycles. The quantitative estimate of drug-likeness (QED) is 0.416. The first kappa shape index (κ1) is 22.3. The molecule has 0 saturated heterocycles. The molecule has 8 heteroatoms. The van der Waals surface area contributed by atoms with Crippen LogP contribution in [-0.4, -0.2) is 30.7 Å². The third-order valence-electron chi connectivity index (χ3n) is 5.14. The van der Waals surface area contributed by atoms with E-state index >= 15 is 0 Å². The van der Waals surface area contributed by atoms with Crippen LogP contribution in [0.5, 0.6) is 0 Å². The van der Waals surface area contributed by atoms with Gasteiger partial charge in [-0.1, -0.05) is 29.8 Å². The molecule has 0 saturated carbocycles. The Morgan fingerprint density at radius 1 is 0.939 bits per heavy atom. The minimum atomic E-state index is -3.73. The van der Waals surface area contributed by atoms with E-state index < -0.39 is 10.0 Å². The van der Waals surface area contributed by atoms with Crippen molar-refractivity contribution in [3.63, 3.8) is 0 Å². The topological polar surface area (TPSA) is 93.1 Å². The van der Waals surface area contributed by atoms with Crippen LogP contribution in [0.3, 0.4) is 0 Å². The molecule has 4 aromatic rings. The number of nitrogens with zero attached hydrogens (tertiary/aromatic N) is 2. The summed E-state index contributed by atoms with van der Waals surface area (Å²) in [4.78, 5) is 12.5. The van der Waals surface area contributed by atoms with Crippen molar-refractivity contribution in [2.45, 2.75) is 18.2 Å². The second kappa shape index (κ2) is 9.70. The molecule has 0 aliphatic rings. The van der Waals surface area contributed by atoms with Crippen molar-refractivity contribution in [3.05, 3.63) is 108 Å². The number of carbonyl (C=O) groups excluding carboxylic acids is 1. The third-order valence-corrected chi connectivity index (χ3v) is 6.53. The van der Waals surface area contributed by atoms with Crippen LogP contribution in [0.25, 0.3) is 5.69 Å². The molecule has 0 aliphatic carbocycles. The summed E-state index contributed by atoms with van der Waals surface area (Å²) in [5.41, 5.74) is 3.99. The molecular formula is C25H24N4O3S. The number of aromatic nitrogens is 2. The lowest BCUT2D eigenvalue weighted by Gasteiger charge is -2.10. The lowest BCUT2D eigenvalue weighted by atomic mass is 10.1. The average Bonchev–Trinajstić information content (AvgIpc) is 3.36. The van der Waals surface area contributed by atoms with E-state index in [0.717, 1.165) is 16.8 Å². The number of hydrogen-bond donors (Lipinski definition) is 2. The second-order valence-electron chi connectivity index (χ2n) is 7.62. The number of amides is 1. The van der Waals surface area contributed by atoms with Crippen molar-refractivity contribution in [3.8, 4) is 5.69 Å². The summed E-state index contributed by atoms with van der Waals surface area (Å²) >= 11 is 0. The maximum Gasteiger partial charge on any atom is 0.261 e. The number of rotatable bonds is 8. The highest BCUT2D eigenvalue weighted by Crippen LogP contribution is 2.17. The van der Waals surface area contributed by atoms with Crippen molar-refractivity contribution in [1.82, 2.24) is 15.1 Å². The van der Waals surface area contributed by atoms with Gasteiger partial charge in [-0.2, -0.15) is 5.10 Å². The Morgan fingerprint density at radius 3 is 2.27 bits per heavy atom. The van der Waals surface area contributed by atoms with E-state index in [1.807, 2.05) is 55.6 Å². The molecule has 2 N–H and O–H groups in total. The molecule has 0 aliphatic heterocycles. The zero-order valence-corrected chi connectivity index (χ0v) is 18.9. The van der Waals surface area contributed by atoms with Gasteiger partial charge in [0.1, 0.15) is 0 Å². The minimum absolute atomic E-state index is 0.0943. The van der Waals surface area contributed by atoms with Crippen molar-refractivity contribution in [2.24, 2.45) is 0 Å². The van der Waals surface area contributed by atoms with Crippen LogP contribution in [0.15, 0.2) is 96.2 Å². The number of sulfonamides is 1. The number of hydrogen-bond acceptors (Lipinski definition) is 4. The maximum absolute atomic E-state index is 12.6. The first-order chi connectivity index (χ1) is 15.9. The van der Waals surface area contributed by atoms with Gasteiger partial charge in [-0.05, 0) is 73.5 Å². The van der Waals surface area contributed by atoms with Crippen LogP contribution in [0.4, 0.5) is 5.69 Å². The summed E-state index contributed by atoms with van der Waals surface area (Å²) in [6.45, 7) is 2.40. The Morgan fingerprint density at radius 2 is 1.64 bits per heavy atom. The summed E-state index contributed by atoms with van der Waals surface area (Å²) in [5, 5.41) is 7.07. The van der Waals surface area contributed by atoms with Crippen molar-refractivity contribution < 1.29 is 13.2 Å². The summed E-state index contributed by atoms with van der Waals surface area (Å²) in [7, 11) is -3.73. The fourth-order valence-corrected chi connectivity index (χ4v) is 4.34. The fraction of sp³-hybridized carbons (Fsp3) is 0.120. The molecule has 7 nitrogen and oxygen atoms in total. The molecular weight excluding hydrogens is 436 g/mol. The van der Waals surface area contributed by atoms with E-state index in [2.05, 4.69) is 15.1 Å². The molecule has 0 atom stereocenters. The molecule has 0 spiro atoms. The van der Waals surface area contributed by atoms with E-state index in [1.165, 1.54) is 24.3 Å². The Labute approximate surface area is 193 Å². The summed E-state index contributed by atoms with van der Waals surface area (Å²) in [6.07, 6.45) is 4.29. The Hall–Kier alpha value is -3.91. The normalized spacial score (nSPS) is 11.2. The Kier molecular flexibility index (Phi) is 6.55. The molecule has 0 radical (unpaired) electrons. The predicted molar refractivity (Wildman–Crippen MR) is 128 cm³/mol. The van der Waals surface area contributed by atoms with Crippen LogP contribution in [0, 0.1) is 6.92 Å². The first-order valence-electron chi connectivity index (χ1n) is 10.5. The van der Waals surface area contributed by atoms with Crippen LogP contribution in [0.2, 0.25) is 0 Å². The van der Waals surface area contributed by atoms with Gasteiger partial charge < -0.3 is 5.32 Å². The minimum Gasteiger partial charge on any atom is -0.352 e. The lowest BCUT2D eigenvalue weighted by Crippen LogP contribution is -2.25. The van der Waals surface area contributed by atoms with Gasteiger partial charge in [0, 0.05) is 30.2 Å². The standard InChI is InChI=1S/C25H24N4O3S/c1-19-3-9-22(10-4-19)28-33(31,32)24-13-7-21(8-14-24)25(30)26-17-15-20-5-11-23(12-6-20)29-18-2-16-27-29/h2-14,16,18,28H,15,17H2,1H3,(H,26,30). The van der Waals surface area contributed by atoms with Gasteiger partial charge in [-0.25, -0.2) is 13.1 Å². The summed E-state index contributed by atoms with van der Waals surface area (Å²) in [6, 6.07) is 22.8. The van der Waals surface area contributed by atoms with Crippen LogP contribution in [-0.2, 0) is 16.4 Å². The van der Waals surface area contributed by atoms with Gasteiger partial charge in [0.2, 0.25) is 0 Å². The van der Waals surface area contributed by atoms with Gasteiger partial charge in [-0.3, -0.25) is 9.52 Å². The number of benzene rings is 3. The molecule has 0 fully saturated rings. The number of nitrogens with one attached hydrogen (secondary N) is 2. The maximum atomic E-state index is 12.6. The molecule has 0 unspecified atom stereocenters. The summed E-state index contributed by atoms with van der Waals surface area (Å²) in [5.74, 6) is -0.251. The van der Waals surface area contributed by atoms with E-state index in [1.54, 1.807) is 23.0 Å². The smallest absolute Gasteiger partial charge is 0.261 e. The first-order valence-corrected chi connectivity index (χ1v) is 12.0. The van der Waals surface area contributed by atoms with E-state index in [0.29, 0.717) is 24.2 Å². The van der Waals surface area contributed by atoms with Crippen molar-refractivity contribution in [1.29, 1.82) is 0 Å². The van der Waals surface area contributed by atoms with Gasteiger partial charge in [0.05, 0.1) is 10.6 Å². The molecule has 4 rings (SSSR count).